The molecule has 0 saturated carbocycles. The molecular formula is C30H34F2N6O4. The van der Waals surface area contributed by atoms with Crippen molar-refractivity contribution >= 4 is 45.4 Å². The Balaban J connectivity index is 1.39. The van der Waals surface area contributed by atoms with E-state index in [0.717, 1.165) is 50.0 Å². The van der Waals surface area contributed by atoms with E-state index in [1.165, 1.54) is 26.1 Å². The van der Waals surface area contributed by atoms with Crippen LogP contribution in [0.3, 0.4) is 0 Å². The van der Waals surface area contributed by atoms with Crippen LogP contribution in [0.4, 0.5) is 37.3 Å². The van der Waals surface area contributed by atoms with Crippen molar-refractivity contribution in [1.82, 2.24) is 9.88 Å². The highest BCUT2D eigenvalue weighted by Crippen LogP contribution is 2.37. The summed E-state index contributed by atoms with van der Waals surface area (Å²) in [5, 5.41) is 9.12. The lowest BCUT2D eigenvalue weighted by Gasteiger charge is -2.35. The average molecular weight is 581 g/mol. The highest BCUT2D eigenvalue weighted by Gasteiger charge is 2.26. The van der Waals surface area contributed by atoms with Crippen molar-refractivity contribution in [3.8, 4) is 11.5 Å². The summed E-state index contributed by atoms with van der Waals surface area (Å²) in [6.45, 7) is 9.38. The summed E-state index contributed by atoms with van der Waals surface area (Å²) in [6, 6.07) is 9.09. The number of anilines is 5. The Bertz CT molecular complexity index is 1590. The number of halogens is 2. The van der Waals surface area contributed by atoms with Gasteiger partial charge in [-0.2, -0.15) is 0 Å². The Morgan fingerprint density at radius 3 is 2.31 bits per heavy atom. The van der Waals surface area contributed by atoms with E-state index in [0.29, 0.717) is 22.5 Å². The second-order valence-corrected chi connectivity index (χ2v) is 9.91. The lowest BCUT2D eigenvalue weighted by Crippen LogP contribution is -2.46. The molecule has 42 heavy (non-hydrogen) atoms. The molecule has 2 aromatic carbocycles. The zero-order chi connectivity index (χ0) is 30.0. The number of carbonyl (C=O) groups excluding carboxylic acids is 1. The predicted molar refractivity (Wildman–Crippen MR) is 160 cm³/mol. The molecule has 0 atom stereocenters. The number of amides is 1. The van der Waals surface area contributed by atoms with Gasteiger partial charge in [-0.1, -0.05) is 6.92 Å². The highest BCUT2D eigenvalue weighted by atomic mass is 19.1. The molecule has 4 aromatic rings. The lowest BCUT2D eigenvalue weighted by atomic mass is 10.1. The third-order valence-corrected chi connectivity index (χ3v) is 7.50. The van der Waals surface area contributed by atoms with E-state index in [4.69, 9.17) is 13.9 Å². The van der Waals surface area contributed by atoms with Gasteiger partial charge in [0.1, 0.15) is 11.5 Å². The van der Waals surface area contributed by atoms with Crippen LogP contribution in [0.2, 0.25) is 0 Å². The quantitative estimate of drug-likeness (QED) is 0.233. The first kappa shape index (κ1) is 28.9. The Kier molecular flexibility index (Phi) is 8.34. The molecule has 1 saturated heterocycles. The number of pyridine rings is 1. The summed E-state index contributed by atoms with van der Waals surface area (Å²) in [4.78, 5) is 22.5. The van der Waals surface area contributed by atoms with Gasteiger partial charge in [-0.15, -0.1) is 0 Å². The highest BCUT2D eigenvalue weighted by molar-refractivity contribution is 6.12. The van der Waals surface area contributed by atoms with Crippen LogP contribution < -0.4 is 30.3 Å². The second kappa shape index (κ2) is 12.1. The third kappa shape index (κ3) is 5.49. The summed E-state index contributed by atoms with van der Waals surface area (Å²) in [7, 11) is 4.07. The Labute approximate surface area is 242 Å². The lowest BCUT2D eigenvalue weighted by molar-refractivity contribution is 0.0998. The first-order chi connectivity index (χ1) is 20.3. The van der Waals surface area contributed by atoms with Crippen molar-refractivity contribution in [3.05, 3.63) is 59.5 Å². The van der Waals surface area contributed by atoms with Crippen LogP contribution in [0.1, 0.15) is 23.0 Å². The van der Waals surface area contributed by atoms with E-state index in [1.54, 1.807) is 13.1 Å². The van der Waals surface area contributed by atoms with Gasteiger partial charge in [0, 0.05) is 56.1 Å². The second-order valence-electron chi connectivity index (χ2n) is 9.91. The maximum Gasteiger partial charge on any atom is 0.293 e. The maximum absolute atomic E-state index is 14.9. The zero-order valence-electron chi connectivity index (χ0n) is 24.2. The standard InChI is InChI=1S/C30H34F2N6O4/c1-6-37-9-11-38(12-10-37)18-7-8-20(17(2)13-18)35-24-14-19-23(16-34-24)42-29(27(19)33-3)30(39)36-28-25(31)21(40-4)15-22(41-5)26(28)32/h7-8,13-16,33H,6,9-12H2,1-5H3,(H,34,35)(H,36,39). The molecule has 0 bridgehead atoms. The number of rotatable bonds is 9. The van der Waals surface area contributed by atoms with Gasteiger partial charge in [0.25, 0.3) is 5.91 Å². The third-order valence-electron chi connectivity index (χ3n) is 7.50. The van der Waals surface area contributed by atoms with Gasteiger partial charge in [0.15, 0.2) is 28.7 Å². The molecule has 1 fully saturated rings. The molecule has 222 valence electrons. The number of hydrogen-bond acceptors (Lipinski definition) is 9. The van der Waals surface area contributed by atoms with Crippen LogP contribution in [0.15, 0.2) is 40.9 Å². The topological polar surface area (TPSA) is 104 Å². The molecule has 5 rings (SSSR count). The summed E-state index contributed by atoms with van der Waals surface area (Å²) < 4.78 is 45.4. The number of nitrogens with one attached hydrogen (secondary N) is 3. The summed E-state index contributed by atoms with van der Waals surface area (Å²) >= 11 is 0. The van der Waals surface area contributed by atoms with Crippen LogP contribution in [0, 0.1) is 18.6 Å². The van der Waals surface area contributed by atoms with Crippen molar-refractivity contribution in [1.29, 1.82) is 0 Å². The van der Waals surface area contributed by atoms with Crippen molar-refractivity contribution in [2.45, 2.75) is 13.8 Å². The number of furan rings is 1. The number of piperazine rings is 1. The van der Waals surface area contributed by atoms with Crippen LogP contribution in [-0.4, -0.2) is 69.8 Å². The molecule has 1 aliphatic rings. The van der Waals surface area contributed by atoms with Gasteiger partial charge >= 0.3 is 0 Å². The fraction of sp³-hybridized carbons (Fsp3) is 0.333. The maximum atomic E-state index is 14.9. The van der Waals surface area contributed by atoms with Gasteiger partial charge in [-0.3, -0.25) is 4.79 Å². The average Bonchev–Trinajstić information content (AvgIpc) is 3.38. The van der Waals surface area contributed by atoms with Gasteiger partial charge in [0.05, 0.1) is 26.1 Å². The number of aryl methyl sites for hydroxylation is 1. The predicted octanol–water partition coefficient (Wildman–Crippen LogP) is 5.61. The molecule has 3 heterocycles. The molecule has 2 aromatic heterocycles. The number of fused-ring (bicyclic) bond motifs is 1. The van der Waals surface area contributed by atoms with E-state index < -0.39 is 23.2 Å². The molecule has 3 N–H and O–H groups in total. The van der Waals surface area contributed by atoms with E-state index >= 15 is 0 Å². The molecule has 12 heteroatoms. The first-order valence-corrected chi connectivity index (χ1v) is 13.6. The zero-order valence-corrected chi connectivity index (χ0v) is 24.2. The first-order valence-electron chi connectivity index (χ1n) is 13.6. The number of likely N-dealkylation sites (N-methyl/N-ethyl adjacent to an activating group) is 1. The minimum atomic E-state index is -1.08. The van der Waals surface area contributed by atoms with E-state index in [1.807, 2.05) is 13.0 Å². The molecule has 0 unspecified atom stereocenters. The number of benzene rings is 2. The summed E-state index contributed by atoms with van der Waals surface area (Å²) in [5.74, 6) is -3.24. The van der Waals surface area contributed by atoms with E-state index in [-0.39, 0.29) is 17.3 Å². The van der Waals surface area contributed by atoms with Gasteiger partial charge < -0.3 is 39.6 Å². The molecular weight excluding hydrogens is 546 g/mol. The smallest absolute Gasteiger partial charge is 0.293 e. The normalized spacial score (nSPS) is 13.7. The molecule has 0 spiro atoms. The molecule has 10 nitrogen and oxygen atoms in total. The van der Waals surface area contributed by atoms with Crippen molar-refractivity contribution < 1.29 is 27.5 Å². The molecule has 0 radical (unpaired) electrons. The minimum Gasteiger partial charge on any atom is -0.493 e. The Hall–Kier alpha value is -4.58. The minimum absolute atomic E-state index is 0.171. The number of ether oxygens (including phenoxy) is 2. The number of hydrogen-bond donors (Lipinski definition) is 3. The van der Waals surface area contributed by atoms with Crippen molar-refractivity contribution in [3.63, 3.8) is 0 Å². The van der Waals surface area contributed by atoms with Crippen molar-refractivity contribution in [2.24, 2.45) is 0 Å². The SMILES string of the molecule is CCN1CCN(c2ccc(Nc3cc4c(NC)c(C(=O)Nc5c(F)c(OC)cc(OC)c5F)oc4cn3)c(C)c2)CC1. The number of nitrogens with zero attached hydrogens (tertiary/aromatic N) is 3. The van der Waals surface area contributed by atoms with Gasteiger partial charge in [-0.25, -0.2) is 13.8 Å². The van der Waals surface area contributed by atoms with Crippen LogP contribution in [0.25, 0.3) is 11.0 Å². The summed E-state index contributed by atoms with van der Waals surface area (Å²) in [6.07, 6.45) is 1.49. The number of methoxy groups -OCH3 is 2. The number of aromatic nitrogens is 1. The van der Waals surface area contributed by atoms with E-state index in [9.17, 15) is 13.6 Å². The largest absolute Gasteiger partial charge is 0.493 e. The van der Waals surface area contributed by atoms with E-state index in [2.05, 4.69) is 49.8 Å². The molecule has 0 aliphatic carbocycles. The fourth-order valence-electron chi connectivity index (χ4n) is 5.09. The van der Waals surface area contributed by atoms with Gasteiger partial charge in [-0.05, 0) is 43.3 Å². The summed E-state index contributed by atoms with van der Waals surface area (Å²) in [5.41, 5.74) is 3.07. The van der Waals surface area contributed by atoms with Crippen LogP contribution >= 0.6 is 0 Å². The van der Waals surface area contributed by atoms with Crippen molar-refractivity contribution in [2.75, 3.05) is 74.8 Å². The van der Waals surface area contributed by atoms with Crippen LogP contribution in [-0.2, 0) is 0 Å². The molecule has 1 amide bonds. The van der Waals surface area contributed by atoms with Crippen LogP contribution in [0.5, 0.6) is 11.5 Å². The monoisotopic (exact) mass is 580 g/mol. The molecule has 1 aliphatic heterocycles. The number of carbonyl (C=O) groups is 1. The Morgan fingerprint density at radius 1 is 1.02 bits per heavy atom. The van der Waals surface area contributed by atoms with Gasteiger partial charge in [0.2, 0.25) is 5.76 Å². The Morgan fingerprint density at radius 2 is 1.71 bits per heavy atom. The fourth-order valence-corrected chi connectivity index (χ4v) is 5.09.